The number of nitrogens with zero attached hydrogens (tertiary/aromatic N) is 3. The van der Waals surface area contributed by atoms with Crippen LogP contribution in [0.2, 0.25) is 0 Å². The maximum atomic E-state index is 11.1. The summed E-state index contributed by atoms with van der Waals surface area (Å²) >= 11 is 0. The minimum atomic E-state index is -1.18. The Morgan fingerprint density at radius 3 is 2.35 bits per heavy atom. The molecule has 9 heteroatoms. The second kappa shape index (κ2) is 4.73. The summed E-state index contributed by atoms with van der Waals surface area (Å²) in [5.74, 6) is -1.18. The molecule has 0 aliphatic carbocycles. The summed E-state index contributed by atoms with van der Waals surface area (Å²) in [6, 6.07) is 2.38. The lowest BCUT2D eigenvalue weighted by atomic mass is 10.1. The summed E-state index contributed by atoms with van der Waals surface area (Å²) < 4.78 is 0. The number of non-ortho nitro benzene ring substituents is 1. The van der Waals surface area contributed by atoms with Gasteiger partial charge < -0.3 is 0 Å². The van der Waals surface area contributed by atoms with Gasteiger partial charge in [0, 0.05) is 6.07 Å². The third-order valence-electron chi connectivity index (χ3n) is 1.77. The van der Waals surface area contributed by atoms with E-state index in [4.69, 9.17) is 0 Å². The lowest BCUT2D eigenvalue weighted by Gasteiger charge is -1.97. The highest BCUT2D eigenvalue weighted by atomic mass is 16.6. The van der Waals surface area contributed by atoms with Gasteiger partial charge in [0.25, 0.3) is 17.3 Å². The molecule has 1 rings (SSSR count). The maximum Gasteiger partial charge on any atom is 0.294 e. The molecule has 1 amide bonds. The third-order valence-corrected chi connectivity index (χ3v) is 1.77. The molecule has 0 unspecified atom stereocenters. The second-order valence-electron chi connectivity index (χ2n) is 2.72. The van der Waals surface area contributed by atoms with Gasteiger partial charge in [-0.2, -0.15) is 0 Å². The predicted molar refractivity (Wildman–Crippen MR) is 52.2 cm³/mol. The Morgan fingerprint density at radius 1 is 1.24 bits per heavy atom. The van der Waals surface area contributed by atoms with Crippen LogP contribution < -0.4 is 0 Å². The topological polar surface area (TPSA) is 133 Å². The minimum absolute atomic E-state index is 0.510. The summed E-state index contributed by atoms with van der Waals surface area (Å²) in [5, 5.41) is 21.0. The van der Waals surface area contributed by atoms with Crippen molar-refractivity contribution in [3.8, 4) is 0 Å². The number of rotatable bonds is 3. The summed E-state index contributed by atoms with van der Waals surface area (Å²) in [6.07, 6.45) is 0.938. The Morgan fingerprint density at radius 2 is 1.88 bits per heavy atom. The first-order valence-corrected chi connectivity index (χ1v) is 4.02. The van der Waals surface area contributed by atoms with Gasteiger partial charge in [0.1, 0.15) is 5.56 Å². The molecular weight excluding hydrogens is 234 g/mol. The van der Waals surface area contributed by atoms with Gasteiger partial charge in [-0.15, -0.1) is 4.99 Å². The molecule has 0 aliphatic rings. The molecule has 0 spiro atoms. The predicted octanol–water partition coefficient (Wildman–Crippen LogP) is 0.979. The van der Waals surface area contributed by atoms with Crippen molar-refractivity contribution in [1.29, 1.82) is 0 Å². The Hall–Kier alpha value is -2.93. The summed E-state index contributed by atoms with van der Waals surface area (Å²) in [5.41, 5.74) is -1.84. The summed E-state index contributed by atoms with van der Waals surface area (Å²) in [6.45, 7) is 0. The van der Waals surface area contributed by atoms with Crippen LogP contribution in [0.1, 0.15) is 10.4 Å². The highest BCUT2D eigenvalue weighted by Crippen LogP contribution is 2.25. The van der Waals surface area contributed by atoms with Gasteiger partial charge in [-0.25, -0.2) is 4.79 Å². The van der Waals surface area contributed by atoms with Crippen LogP contribution in [0.25, 0.3) is 0 Å². The number of isocyanates is 1. The van der Waals surface area contributed by atoms with Crippen LogP contribution >= 0.6 is 0 Å². The van der Waals surface area contributed by atoms with Gasteiger partial charge in [0.05, 0.1) is 15.9 Å². The molecule has 0 fully saturated rings. The number of hydrogen-bond acceptors (Lipinski definition) is 6. The van der Waals surface area contributed by atoms with E-state index >= 15 is 0 Å². The van der Waals surface area contributed by atoms with Crippen LogP contribution in [0.5, 0.6) is 0 Å². The van der Waals surface area contributed by atoms with Gasteiger partial charge in [0.15, 0.2) is 0 Å². The maximum absolute atomic E-state index is 11.1. The molecule has 0 saturated carbocycles. The molecule has 0 atom stereocenters. The zero-order chi connectivity index (χ0) is 13.0. The first kappa shape index (κ1) is 12.1. The fourth-order valence-corrected chi connectivity index (χ4v) is 1.07. The van der Waals surface area contributed by atoms with Gasteiger partial charge in [0.2, 0.25) is 6.08 Å². The van der Waals surface area contributed by atoms with E-state index in [1.807, 2.05) is 0 Å². The molecule has 0 radical (unpaired) electrons. The van der Waals surface area contributed by atoms with Crippen LogP contribution in [0.15, 0.2) is 23.2 Å². The number of hydrogen-bond donors (Lipinski definition) is 0. The molecule has 1 aromatic rings. The van der Waals surface area contributed by atoms with Crippen LogP contribution in [0.3, 0.4) is 0 Å². The lowest BCUT2D eigenvalue weighted by Crippen LogP contribution is -2.02. The molecule has 86 valence electrons. The lowest BCUT2D eigenvalue weighted by molar-refractivity contribution is -0.394. The molecule has 0 aromatic heterocycles. The molecule has 0 aliphatic heterocycles. The zero-order valence-corrected chi connectivity index (χ0v) is 8.02. The Labute approximate surface area is 92.7 Å². The molecule has 0 saturated heterocycles. The van der Waals surface area contributed by atoms with Crippen LogP contribution in [0, 0.1) is 20.2 Å². The smallest absolute Gasteiger partial charge is 0.266 e. The molecular formula is C8H3N3O6. The van der Waals surface area contributed by atoms with Crippen molar-refractivity contribution >= 4 is 23.4 Å². The third kappa shape index (κ3) is 2.55. The summed E-state index contributed by atoms with van der Waals surface area (Å²) in [7, 11) is 0. The van der Waals surface area contributed by atoms with E-state index in [9.17, 15) is 29.8 Å². The zero-order valence-electron chi connectivity index (χ0n) is 8.02. The van der Waals surface area contributed by atoms with E-state index < -0.39 is 32.7 Å². The molecule has 1 aromatic carbocycles. The fourth-order valence-electron chi connectivity index (χ4n) is 1.07. The van der Waals surface area contributed by atoms with Crippen molar-refractivity contribution < 1.29 is 19.4 Å². The number of nitro benzene ring substituents is 2. The van der Waals surface area contributed by atoms with E-state index in [0.29, 0.717) is 6.07 Å². The van der Waals surface area contributed by atoms with Crippen molar-refractivity contribution in [3.63, 3.8) is 0 Å². The normalized spacial score (nSPS) is 9.18. The van der Waals surface area contributed by atoms with Crippen molar-refractivity contribution in [2.24, 2.45) is 4.99 Å². The quantitative estimate of drug-likeness (QED) is 0.333. The van der Waals surface area contributed by atoms with Crippen molar-refractivity contribution in [2.45, 2.75) is 0 Å². The van der Waals surface area contributed by atoms with Gasteiger partial charge in [-0.1, -0.05) is 0 Å². The van der Waals surface area contributed by atoms with Crippen molar-refractivity contribution in [2.75, 3.05) is 0 Å². The highest BCUT2D eigenvalue weighted by molar-refractivity contribution is 6.01. The largest absolute Gasteiger partial charge is 0.294 e. The SMILES string of the molecule is O=C=NC(=O)c1ccc([N+](=O)[O-])cc1[N+](=O)[O-]. The van der Waals surface area contributed by atoms with E-state index in [0.717, 1.165) is 18.2 Å². The number of aliphatic imine (C=N–C) groups is 1. The highest BCUT2D eigenvalue weighted by Gasteiger charge is 2.23. The van der Waals surface area contributed by atoms with Crippen LogP contribution in [-0.4, -0.2) is 21.8 Å². The second-order valence-corrected chi connectivity index (χ2v) is 2.72. The molecule has 17 heavy (non-hydrogen) atoms. The van der Waals surface area contributed by atoms with Crippen LogP contribution in [-0.2, 0) is 4.79 Å². The van der Waals surface area contributed by atoms with Crippen molar-refractivity contribution in [1.82, 2.24) is 0 Å². The number of nitro groups is 2. The van der Waals surface area contributed by atoms with E-state index in [1.54, 1.807) is 0 Å². The molecule has 9 nitrogen and oxygen atoms in total. The van der Waals surface area contributed by atoms with E-state index in [2.05, 4.69) is 4.99 Å². The first-order chi connectivity index (χ1) is 7.97. The van der Waals surface area contributed by atoms with E-state index in [1.165, 1.54) is 0 Å². The minimum Gasteiger partial charge on any atom is -0.266 e. The van der Waals surface area contributed by atoms with Crippen molar-refractivity contribution in [3.05, 3.63) is 44.0 Å². The van der Waals surface area contributed by atoms with Gasteiger partial charge in [-0.3, -0.25) is 25.0 Å². The number of benzene rings is 1. The van der Waals surface area contributed by atoms with Gasteiger partial charge >= 0.3 is 0 Å². The van der Waals surface area contributed by atoms with Gasteiger partial charge in [-0.05, 0) is 6.07 Å². The molecule has 0 bridgehead atoms. The number of carbonyl (C=O) groups excluding carboxylic acids is 2. The average Bonchev–Trinajstić information content (AvgIpc) is 2.28. The average molecular weight is 237 g/mol. The molecule has 0 N–H and O–H groups in total. The Balaban J connectivity index is 3.41. The molecule has 0 heterocycles. The Kier molecular flexibility index (Phi) is 3.38. The Bertz CT molecular complexity index is 560. The summed E-state index contributed by atoms with van der Waals surface area (Å²) in [4.78, 5) is 42.9. The number of amides is 1. The monoisotopic (exact) mass is 237 g/mol. The standard InChI is InChI=1S/C8H3N3O6/c12-4-9-8(13)6-2-1-5(10(14)15)3-7(6)11(16)17/h1-3H. The first-order valence-electron chi connectivity index (χ1n) is 4.02. The number of carbonyl (C=O) groups is 1. The fraction of sp³-hybridized carbons (Fsp3) is 0. The van der Waals surface area contributed by atoms with Crippen LogP contribution in [0.4, 0.5) is 11.4 Å². The van der Waals surface area contributed by atoms with E-state index in [-0.39, 0.29) is 0 Å².